The Kier molecular flexibility index (Phi) is 4.15. The maximum atomic E-state index is 12.0. The number of oxime groups is 1. The molecule has 94 valence electrons. The zero-order valence-electron chi connectivity index (χ0n) is 9.63. The van der Waals surface area contributed by atoms with Crippen LogP contribution in [0.4, 0.5) is 0 Å². The third kappa shape index (κ3) is 3.08. The fraction of sp³-hybridized carbons (Fsp3) is 0.889. The van der Waals surface area contributed by atoms with Gasteiger partial charge < -0.3 is 10.9 Å². The predicted octanol–water partition coefficient (Wildman–Crippen LogP) is 0.326. The van der Waals surface area contributed by atoms with Crippen molar-refractivity contribution in [2.45, 2.75) is 44.4 Å². The fourth-order valence-corrected chi connectivity index (χ4v) is 3.56. The molecule has 0 unspecified atom stereocenters. The van der Waals surface area contributed by atoms with Gasteiger partial charge in [-0.1, -0.05) is 5.16 Å². The van der Waals surface area contributed by atoms with Crippen molar-refractivity contribution in [1.29, 1.82) is 0 Å². The first-order valence-corrected chi connectivity index (χ1v) is 6.87. The van der Waals surface area contributed by atoms with Crippen LogP contribution in [0.15, 0.2) is 5.16 Å². The van der Waals surface area contributed by atoms with Crippen LogP contribution in [0.3, 0.4) is 0 Å². The Morgan fingerprint density at radius 1 is 1.56 bits per heavy atom. The summed E-state index contributed by atoms with van der Waals surface area (Å²) in [5, 5.41) is 11.0. The third-order valence-electron chi connectivity index (χ3n) is 2.57. The Morgan fingerprint density at radius 3 is 2.50 bits per heavy atom. The van der Waals surface area contributed by atoms with Gasteiger partial charge in [0.25, 0.3) is 0 Å². The molecule has 0 heterocycles. The Labute approximate surface area is 96.2 Å². The van der Waals surface area contributed by atoms with Crippen LogP contribution >= 0.6 is 0 Å². The molecule has 0 atom stereocenters. The van der Waals surface area contributed by atoms with E-state index in [9.17, 15) is 8.42 Å². The Bertz CT molecular complexity index is 360. The van der Waals surface area contributed by atoms with Crippen LogP contribution < -0.4 is 5.73 Å². The van der Waals surface area contributed by atoms with E-state index in [1.54, 1.807) is 0 Å². The molecule has 0 spiro atoms. The van der Waals surface area contributed by atoms with Gasteiger partial charge in [-0.3, -0.25) is 0 Å². The molecule has 7 heteroatoms. The minimum atomic E-state index is -3.19. The van der Waals surface area contributed by atoms with E-state index >= 15 is 0 Å². The summed E-state index contributed by atoms with van der Waals surface area (Å²) >= 11 is 0. The summed E-state index contributed by atoms with van der Waals surface area (Å²) in [5.74, 6) is 0.0525. The van der Waals surface area contributed by atoms with Gasteiger partial charge in [0.1, 0.15) is 5.84 Å². The first kappa shape index (κ1) is 13.2. The molecule has 1 fully saturated rings. The Hall–Kier alpha value is -0.820. The largest absolute Gasteiger partial charge is 0.409 e. The average Bonchev–Trinajstić information content (AvgIpc) is 2.99. The molecule has 0 bridgehead atoms. The number of nitrogens with two attached hydrogens (primary N) is 1. The van der Waals surface area contributed by atoms with Crippen molar-refractivity contribution in [2.24, 2.45) is 10.9 Å². The summed E-state index contributed by atoms with van der Waals surface area (Å²) in [7, 11) is -3.19. The molecule has 1 aliphatic rings. The molecule has 0 aliphatic heterocycles. The molecule has 1 aliphatic carbocycles. The Balaban J connectivity index is 2.68. The topological polar surface area (TPSA) is 96.0 Å². The summed E-state index contributed by atoms with van der Waals surface area (Å²) in [5.41, 5.74) is 5.33. The number of amidine groups is 1. The molecule has 0 amide bonds. The summed E-state index contributed by atoms with van der Waals surface area (Å²) in [4.78, 5) is 0. The maximum Gasteiger partial charge on any atom is 0.217 e. The van der Waals surface area contributed by atoms with E-state index in [-0.39, 0.29) is 30.1 Å². The number of nitrogens with zero attached hydrogens (tertiary/aromatic N) is 2. The van der Waals surface area contributed by atoms with Crippen molar-refractivity contribution in [1.82, 2.24) is 4.31 Å². The molecule has 1 rings (SSSR count). The molecule has 1 saturated carbocycles. The van der Waals surface area contributed by atoms with Crippen LogP contribution in [0.1, 0.15) is 33.1 Å². The molecular formula is C9H19N3O3S. The first-order valence-electron chi connectivity index (χ1n) is 5.36. The van der Waals surface area contributed by atoms with Gasteiger partial charge in [-0.15, -0.1) is 0 Å². The standard InChI is InChI=1S/C9H19N3O3S/c1-7(2)12(6-5-9(10)11-13)16(14,15)8-3-4-8/h7-8,13H,3-6H2,1-2H3,(H2,10,11). The molecule has 0 aromatic heterocycles. The van der Waals surface area contributed by atoms with Gasteiger partial charge in [0.15, 0.2) is 0 Å². The Morgan fingerprint density at radius 2 is 2.12 bits per heavy atom. The van der Waals surface area contributed by atoms with Crippen molar-refractivity contribution in [3.63, 3.8) is 0 Å². The van der Waals surface area contributed by atoms with E-state index in [2.05, 4.69) is 5.16 Å². The van der Waals surface area contributed by atoms with E-state index in [1.807, 2.05) is 13.8 Å². The highest BCUT2D eigenvalue weighted by atomic mass is 32.2. The van der Waals surface area contributed by atoms with Crippen LogP contribution in [-0.2, 0) is 10.0 Å². The highest BCUT2D eigenvalue weighted by molar-refractivity contribution is 7.90. The van der Waals surface area contributed by atoms with Crippen LogP contribution in [0.2, 0.25) is 0 Å². The fourth-order valence-electron chi connectivity index (χ4n) is 1.51. The monoisotopic (exact) mass is 249 g/mol. The molecule has 0 aromatic carbocycles. The molecule has 3 N–H and O–H groups in total. The SMILES string of the molecule is CC(C)N(CCC(N)=NO)S(=O)(=O)C1CC1. The second-order valence-electron chi connectivity index (χ2n) is 4.29. The van der Waals surface area contributed by atoms with Crippen LogP contribution in [0.25, 0.3) is 0 Å². The van der Waals surface area contributed by atoms with E-state index in [1.165, 1.54) is 4.31 Å². The highest BCUT2D eigenvalue weighted by Crippen LogP contribution is 2.31. The summed E-state index contributed by atoms with van der Waals surface area (Å²) < 4.78 is 25.5. The van der Waals surface area contributed by atoms with Crippen molar-refractivity contribution >= 4 is 15.9 Å². The maximum absolute atomic E-state index is 12.0. The van der Waals surface area contributed by atoms with Crippen LogP contribution in [0, 0.1) is 0 Å². The molecule has 0 radical (unpaired) electrons. The van der Waals surface area contributed by atoms with Crippen molar-refractivity contribution in [3.05, 3.63) is 0 Å². The summed E-state index contributed by atoms with van der Waals surface area (Å²) in [6.45, 7) is 3.92. The number of sulfonamides is 1. The minimum Gasteiger partial charge on any atom is -0.409 e. The van der Waals surface area contributed by atoms with Crippen molar-refractivity contribution < 1.29 is 13.6 Å². The van der Waals surface area contributed by atoms with Gasteiger partial charge in [-0.05, 0) is 26.7 Å². The van der Waals surface area contributed by atoms with Gasteiger partial charge >= 0.3 is 0 Å². The lowest BCUT2D eigenvalue weighted by Crippen LogP contribution is -2.41. The van der Waals surface area contributed by atoms with E-state index in [0.717, 1.165) is 12.8 Å². The second kappa shape index (κ2) is 5.01. The number of rotatable bonds is 6. The lowest BCUT2D eigenvalue weighted by Gasteiger charge is -2.25. The number of hydrogen-bond donors (Lipinski definition) is 2. The zero-order valence-corrected chi connectivity index (χ0v) is 10.4. The summed E-state index contributed by atoms with van der Waals surface area (Å²) in [6, 6.07) is -0.0999. The van der Waals surface area contributed by atoms with Gasteiger partial charge in [-0.2, -0.15) is 4.31 Å². The smallest absolute Gasteiger partial charge is 0.217 e. The van der Waals surface area contributed by atoms with Gasteiger partial charge in [0, 0.05) is 19.0 Å². The van der Waals surface area contributed by atoms with Crippen molar-refractivity contribution in [3.8, 4) is 0 Å². The lowest BCUT2D eigenvalue weighted by molar-refractivity contribution is 0.313. The number of hydrogen-bond acceptors (Lipinski definition) is 4. The molecule has 16 heavy (non-hydrogen) atoms. The van der Waals surface area contributed by atoms with Gasteiger partial charge in [0.2, 0.25) is 10.0 Å². The zero-order chi connectivity index (χ0) is 12.3. The molecule has 6 nitrogen and oxygen atoms in total. The molecular weight excluding hydrogens is 230 g/mol. The molecule has 0 aromatic rings. The third-order valence-corrected chi connectivity index (χ3v) is 5.14. The van der Waals surface area contributed by atoms with E-state index in [0.29, 0.717) is 0 Å². The van der Waals surface area contributed by atoms with Gasteiger partial charge in [-0.25, -0.2) is 8.42 Å². The van der Waals surface area contributed by atoms with Crippen LogP contribution in [0.5, 0.6) is 0 Å². The van der Waals surface area contributed by atoms with Gasteiger partial charge in [0.05, 0.1) is 5.25 Å². The van der Waals surface area contributed by atoms with Crippen molar-refractivity contribution in [2.75, 3.05) is 6.54 Å². The van der Waals surface area contributed by atoms with E-state index in [4.69, 9.17) is 10.9 Å². The predicted molar refractivity (Wildman–Crippen MR) is 61.8 cm³/mol. The summed E-state index contributed by atoms with van der Waals surface area (Å²) in [6.07, 6.45) is 1.74. The first-order chi connectivity index (χ1) is 7.39. The van der Waals surface area contributed by atoms with Crippen LogP contribution in [-0.4, -0.2) is 41.6 Å². The lowest BCUT2D eigenvalue weighted by atomic mass is 10.3. The van der Waals surface area contributed by atoms with E-state index < -0.39 is 10.0 Å². The highest BCUT2D eigenvalue weighted by Gasteiger charge is 2.40. The quantitative estimate of drug-likeness (QED) is 0.307. The normalized spacial score (nSPS) is 18.4. The minimum absolute atomic E-state index is 0.0525. The molecule has 0 saturated heterocycles. The average molecular weight is 249 g/mol. The second-order valence-corrected chi connectivity index (χ2v) is 6.46.